The zero-order valence-electron chi connectivity index (χ0n) is 15.4. The fraction of sp³-hybridized carbons (Fsp3) is 0.304. The second-order valence-corrected chi connectivity index (χ2v) is 7.44. The first kappa shape index (κ1) is 16.8. The summed E-state index contributed by atoms with van der Waals surface area (Å²) in [5.41, 5.74) is 4.14. The number of hydrogen-bond donors (Lipinski definition) is 0. The van der Waals surface area contributed by atoms with Crippen molar-refractivity contribution in [2.24, 2.45) is 0 Å². The predicted molar refractivity (Wildman–Crippen MR) is 105 cm³/mol. The van der Waals surface area contributed by atoms with Gasteiger partial charge in [-0.2, -0.15) is 0 Å². The molecule has 4 rings (SSSR count). The molecule has 3 nitrogen and oxygen atoms in total. The summed E-state index contributed by atoms with van der Waals surface area (Å²) in [6.45, 7) is 5.06. The van der Waals surface area contributed by atoms with E-state index in [1.54, 1.807) is 6.20 Å². The van der Waals surface area contributed by atoms with E-state index in [0.29, 0.717) is 18.5 Å². The molecule has 26 heavy (non-hydrogen) atoms. The maximum absolute atomic E-state index is 13.3. The summed E-state index contributed by atoms with van der Waals surface area (Å²) in [5, 5.41) is 0.931. The van der Waals surface area contributed by atoms with Crippen LogP contribution in [0.5, 0.6) is 0 Å². The van der Waals surface area contributed by atoms with Crippen LogP contribution in [-0.4, -0.2) is 21.8 Å². The van der Waals surface area contributed by atoms with Crippen LogP contribution in [0.3, 0.4) is 0 Å². The van der Waals surface area contributed by atoms with E-state index in [-0.39, 0.29) is 5.91 Å². The van der Waals surface area contributed by atoms with Crippen molar-refractivity contribution in [2.75, 3.05) is 0 Å². The Labute approximate surface area is 154 Å². The number of nitrogens with zero attached hydrogens (tertiary/aromatic N) is 2. The van der Waals surface area contributed by atoms with Crippen molar-refractivity contribution in [3.05, 3.63) is 77.5 Å². The molecule has 1 aromatic heterocycles. The summed E-state index contributed by atoms with van der Waals surface area (Å²) in [4.78, 5) is 19.7. The van der Waals surface area contributed by atoms with E-state index >= 15 is 0 Å². The largest absolute Gasteiger partial charge is 0.331 e. The third-order valence-electron chi connectivity index (χ3n) is 5.12. The molecule has 0 unspecified atom stereocenters. The Bertz CT molecular complexity index is 921. The van der Waals surface area contributed by atoms with E-state index in [9.17, 15) is 4.79 Å². The molecule has 0 aliphatic heterocycles. The second-order valence-electron chi connectivity index (χ2n) is 7.44. The monoisotopic (exact) mass is 344 g/mol. The van der Waals surface area contributed by atoms with Gasteiger partial charge in [0, 0.05) is 29.7 Å². The highest BCUT2D eigenvalue weighted by Crippen LogP contribution is 2.31. The third kappa shape index (κ3) is 3.34. The molecule has 1 fully saturated rings. The number of fused-ring (bicyclic) bond motifs is 1. The number of pyridine rings is 1. The quantitative estimate of drug-likeness (QED) is 0.640. The molecule has 1 saturated carbocycles. The molecule has 2 aromatic carbocycles. The van der Waals surface area contributed by atoms with E-state index in [1.807, 2.05) is 35.2 Å². The maximum atomic E-state index is 13.3. The minimum Gasteiger partial charge on any atom is -0.331 e. The molecule has 1 heterocycles. The van der Waals surface area contributed by atoms with Gasteiger partial charge in [-0.15, -0.1) is 0 Å². The van der Waals surface area contributed by atoms with Crippen molar-refractivity contribution >= 4 is 16.8 Å². The summed E-state index contributed by atoms with van der Waals surface area (Å²) in [6.07, 6.45) is 3.96. The van der Waals surface area contributed by atoms with Crippen LogP contribution >= 0.6 is 0 Å². The van der Waals surface area contributed by atoms with Crippen LogP contribution in [0.25, 0.3) is 10.9 Å². The Morgan fingerprint density at radius 2 is 1.85 bits per heavy atom. The number of carbonyl (C=O) groups excluding carboxylic acids is 1. The second kappa shape index (κ2) is 6.91. The van der Waals surface area contributed by atoms with Crippen molar-refractivity contribution < 1.29 is 4.79 Å². The molecule has 3 aromatic rings. The van der Waals surface area contributed by atoms with Gasteiger partial charge < -0.3 is 4.90 Å². The standard InChI is InChI=1S/C23H24N2O/c1-16(2)18-10-8-17(9-11-18)15-25(19-12-13-19)23(26)21-5-3-7-22-20(21)6-4-14-24-22/h3-11,14,16,19H,12-13,15H2,1-2H3. The van der Waals surface area contributed by atoms with Gasteiger partial charge in [-0.1, -0.05) is 50.2 Å². The van der Waals surface area contributed by atoms with E-state index in [0.717, 1.165) is 29.3 Å². The highest BCUT2D eigenvalue weighted by atomic mass is 16.2. The number of aromatic nitrogens is 1. The van der Waals surface area contributed by atoms with Gasteiger partial charge in [-0.3, -0.25) is 9.78 Å². The Morgan fingerprint density at radius 1 is 1.08 bits per heavy atom. The highest BCUT2D eigenvalue weighted by Gasteiger charge is 2.33. The molecule has 0 bridgehead atoms. The molecule has 0 spiro atoms. The Kier molecular flexibility index (Phi) is 4.46. The highest BCUT2D eigenvalue weighted by molar-refractivity contribution is 6.06. The molecule has 1 amide bonds. The molecule has 0 saturated heterocycles. The normalized spacial score (nSPS) is 14.0. The van der Waals surface area contributed by atoms with Crippen molar-refractivity contribution in [3.8, 4) is 0 Å². The van der Waals surface area contributed by atoms with Crippen molar-refractivity contribution in [1.29, 1.82) is 0 Å². The predicted octanol–water partition coefficient (Wildman–Crippen LogP) is 5.16. The number of amides is 1. The van der Waals surface area contributed by atoms with E-state index in [2.05, 4.69) is 43.1 Å². The smallest absolute Gasteiger partial charge is 0.255 e. The lowest BCUT2D eigenvalue weighted by atomic mass is 10.0. The van der Waals surface area contributed by atoms with Crippen molar-refractivity contribution in [1.82, 2.24) is 9.88 Å². The van der Waals surface area contributed by atoms with E-state index in [1.165, 1.54) is 11.1 Å². The number of hydrogen-bond acceptors (Lipinski definition) is 2. The minimum absolute atomic E-state index is 0.110. The average Bonchev–Trinajstić information content (AvgIpc) is 3.50. The van der Waals surface area contributed by atoms with Crippen molar-refractivity contribution in [2.45, 2.75) is 45.2 Å². The van der Waals surface area contributed by atoms with Gasteiger partial charge in [0.05, 0.1) is 5.52 Å². The van der Waals surface area contributed by atoms with Crippen molar-refractivity contribution in [3.63, 3.8) is 0 Å². The van der Waals surface area contributed by atoms with Gasteiger partial charge in [0.2, 0.25) is 0 Å². The summed E-state index contributed by atoms with van der Waals surface area (Å²) >= 11 is 0. The van der Waals surface area contributed by atoms with Crippen LogP contribution in [0.4, 0.5) is 0 Å². The van der Waals surface area contributed by atoms with Gasteiger partial charge in [0.25, 0.3) is 5.91 Å². The summed E-state index contributed by atoms with van der Waals surface area (Å²) < 4.78 is 0. The van der Waals surface area contributed by atoms with E-state index < -0.39 is 0 Å². The minimum atomic E-state index is 0.110. The van der Waals surface area contributed by atoms with Crippen LogP contribution in [0.2, 0.25) is 0 Å². The first-order valence-electron chi connectivity index (χ1n) is 9.37. The number of rotatable bonds is 5. The Balaban J connectivity index is 1.63. The number of carbonyl (C=O) groups is 1. The SMILES string of the molecule is CC(C)c1ccc(CN(C(=O)c2cccc3ncccc23)C2CC2)cc1. The van der Waals surface area contributed by atoms with E-state index in [4.69, 9.17) is 0 Å². The lowest BCUT2D eigenvalue weighted by molar-refractivity contribution is 0.0732. The topological polar surface area (TPSA) is 33.2 Å². The average molecular weight is 344 g/mol. The third-order valence-corrected chi connectivity index (χ3v) is 5.12. The molecule has 1 aliphatic carbocycles. The molecule has 0 N–H and O–H groups in total. The molecule has 0 radical (unpaired) electrons. The molecular formula is C23H24N2O. The van der Waals surface area contributed by atoms with Gasteiger partial charge in [-0.25, -0.2) is 0 Å². The first-order valence-corrected chi connectivity index (χ1v) is 9.37. The molecular weight excluding hydrogens is 320 g/mol. The molecule has 3 heteroatoms. The number of benzene rings is 2. The van der Waals surface area contributed by atoms with Gasteiger partial charge in [0.15, 0.2) is 0 Å². The van der Waals surface area contributed by atoms with Crippen LogP contribution in [0.15, 0.2) is 60.8 Å². The Hall–Kier alpha value is -2.68. The summed E-state index contributed by atoms with van der Waals surface area (Å²) in [5.74, 6) is 0.632. The zero-order valence-corrected chi connectivity index (χ0v) is 15.4. The summed E-state index contributed by atoms with van der Waals surface area (Å²) in [7, 11) is 0. The molecule has 0 atom stereocenters. The molecule has 1 aliphatic rings. The fourth-order valence-corrected chi connectivity index (χ4v) is 3.40. The fourth-order valence-electron chi connectivity index (χ4n) is 3.40. The van der Waals surface area contributed by atoms with Crippen LogP contribution in [-0.2, 0) is 6.54 Å². The van der Waals surface area contributed by atoms with Crippen LogP contribution < -0.4 is 0 Å². The Morgan fingerprint density at radius 3 is 2.54 bits per heavy atom. The summed E-state index contributed by atoms with van der Waals surface area (Å²) in [6, 6.07) is 18.7. The van der Waals surface area contributed by atoms with Crippen LogP contribution in [0, 0.1) is 0 Å². The van der Waals surface area contributed by atoms with Gasteiger partial charge >= 0.3 is 0 Å². The van der Waals surface area contributed by atoms with Crippen LogP contribution in [0.1, 0.15) is 54.1 Å². The maximum Gasteiger partial charge on any atom is 0.255 e. The lowest BCUT2D eigenvalue weighted by Crippen LogP contribution is -2.32. The molecule has 132 valence electrons. The lowest BCUT2D eigenvalue weighted by Gasteiger charge is -2.23. The first-order chi connectivity index (χ1) is 12.6. The van der Waals surface area contributed by atoms with Gasteiger partial charge in [0.1, 0.15) is 0 Å². The van der Waals surface area contributed by atoms with Gasteiger partial charge in [-0.05, 0) is 48.1 Å². The zero-order chi connectivity index (χ0) is 18.1.